The van der Waals surface area contributed by atoms with Gasteiger partial charge < -0.3 is 4.90 Å². The first-order valence-corrected chi connectivity index (χ1v) is 9.46. The molecular weight excluding hydrogens is 338 g/mol. The first-order valence-electron chi connectivity index (χ1n) is 9.46. The summed E-state index contributed by atoms with van der Waals surface area (Å²) in [6.07, 6.45) is 2.01. The largest absolute Gasteiger partial charge is 0.337 e. The van der Waals surface area contributed by atoms with Gasteiger partial charge in [-0.2, -0.15) is 5.10 Å². The molecule has 0 atom stereocenters. The third-order valence-corrected chi connectivity index (χ3v) is 5.32. The number of benzene rings is 2. The molecule has 0 unspecified atom stereocenters. The fourth-order valence-electron chi connectivity index (χ4n) is 3.62. The fourth-order valence-corrected chi connectivity index (χ4v) is 3.62. The quantitative estimate of drug-likeness (QED) is 0.719. The predicted molar refractivity (Wildman–Crippen MR) is 106 cm³/mol. The number of nitrogens with zero attached hydrogens (tertiary/aromatic N) is 3. The molecule has 138 valence electrons. The second-order valence-corrected chi connectivity index (χ2v) is 7.32. The van der Waals surface area contributed by atoms with Crippen LogP contribution in [0.15, 0.2) is 59.4 Å². The van der Waals surface area contributed by atoms with Crippen molar-refractivity contribution in [2.24, 2.45) is 5.92 Å². The summed E-state index contributed by atoms with van der Waals surface area (Å²) in [6.45, 7) is 4.05. The van der Waals surface area contributed by atoms with Crippen LogP contribution in [-0.4, -0.2) is 33.7 Å². The minimum absolute atomic E-state index is 0.0834. The molecule has 5 heteroatoms. The third kappa shape index (κ3) is 3.50. The second-order valence-electron chi connectivity index (χ2n) is 7.32. The van der Waals surface area contributed by atoms with Crippen LogP contribution in [0.4, 0.5) is 0 Å². The molecule has 27 heavy (non-hydrogen) atoms. The van der Waals surface area contributed by atoms with E-state index < -0.39 is 0 Å². The normalized spacial score (nSPS) is 15.2. The van der Waals surface area contributed by atoms with E-state index in [0.29, 0.717) is 28.9 Å². The summed E-state index contributed by atoms with van der Waals surface area (Å²) in [7, 11) is 0. The second kappa shape index (κ2) is 7.35. The Labute approximate surface area is 158 Å². The van der Waals surface area contributed by atoms with Gasteiger partial charge >= 0.3 is 0 Å². The van der Waals surface area contributed by atoms with Gasteiger partial charge in [-0.1, -0.05) is 55.5 Å². The van der Waals surface area contributed by atoms with Crippen LogP contribution in [-0.2, 0) is 6.54 Å². The van der Waals surface area contributed by atoms with Gasteiger partial charge in [0.25, 0.3) is 11.5 Å². The number of amides is 1. The molecule has 1 aliphatic heterocycles. The van der Waals surface area contributed by atoms with Crippen LogP contribution in [0.25, 0.3) is 10.8 Å². The molecule has 5 nitrogen and oxygen atoms in total. The highest BCUT2D eigenvalue weighted by Crippen LogP contribution is 2.20. The number of hydrogen-bond acceptors (Lipinski definition) is 3. The highest BCUT2D eigenvalue weighted by molar-refractivity contribution is 6.04. The van der Waals surface area contributed by atoms with Crippen LogP contribution in [0.2, 0.25) is 0 Å². The van der Waals surface area contributed by atoms with Crippen molar-refractivity contribution in [3.63, 3.8) is 0 Å². The molecule has 1 aromatic heterocycles. The van der Waals surface area contributed by atoms with Crippen LogP contribution in [0.1, 0.15) is 35.8 Å². The van der Waals surface area contributed by atoms with Crippen molar-refractivity contribution in [1.82, 2.24) is 14.7 Å². The van der Waals surface area contributed by atoms with E-state index in [0.717, 1.165) is 31.5 Å². The lowest BCUT2D eigenvalue weighted by atomic mass is 9.99. The molecule has 1 amide bonds. The summed E-state index contributed by atoms with van der Waals surface area (Å²) in [5.74, 6) is 0.561. The number of likely N-dealkylation sites (tertiary alicyclic amines) is 1. The molecule has 2 aromatic carbocycles. The molecule has 2 heterocycles. The van der Waals surface area contributed by atoms with E-state index in [1.54, 1.807) is 6.07 Å². The van der Waals surface area contributed by atoms with Gasteiger partial charge in [-0.05, 0) is 30.4 Å². The summed E-state index contributed by atoms with van der Waals surface area (Å²) < 4.78 is 1.41. The summed E-state index contributed by atoms with van der Waals surface area (Å²) in [4.78, 5) is 28.0. The molecule has 0 N–H and O–H groups in total. The van der Waals surface area contributed by atoms with Gasteiger partial charge in [-0.25, -0.2) is 4.68 Å². The van der Waals surface area contributed by atoms with Crippen LogP contribution in [0.5, 0.6) is 0 Å². The zero-order valence-electron chi connectivity index (χ0n) is 15.5. The average Bonchev–Trinajstić information content (AvgIpc) is 2.71. The van der Waals surface area contributed by atoms with Gasteiger partial charge in [0, 0.05) is 18.5 Å². The summed E-state index contributed by atoms with van der Waals surface area (Å²) >= 11 is 0. The number of hydrogen-bond donors (Lipinski definition) is 0. The highest BCUT2D eigenvalue weighted by atomic mass is 16.2. The summed E-state index contributed by atoms with van der Waals surface area (Å²) in [5, 5.41) is 5.68. The van der Waals surface area contributed by atoms with Crippen molar-refractivity contribution in [3.05, 3.63) is 76.2 Å². The predicted octanol–water partition coefficient (Wildman–Crippen LogP) is 3.32. The Bertz CT molecular complexity index is 1020. The maximum atomic E-state index is 13.2. The third-order valence-electron chi connectivity index (χ3n) is 5.32. The minimum Gasteiger partial charge on any atom is -0.337 e. The smallest absolute Gasteiger partial charge is 0.274 e. The summed E-state index contributed by atoms with van der Waals surface area (Å²) in [5.41, 5.74) is 1.18. The van der Waals surface area contributed by atoms with E-state index in [9.17, 15) is 9.59 Å². The molecule has 0 saturated carbocycles. The molecule has 4 rings (SSSR count). The van der Waals surface area contributed by atoms with Crippen molar-refractivity contribution < 1.29 is 4.79 Å². The first kappa shape index (κ1) is 17.5. The molecule has 0 bridgehead atoms. The number of fused-ring (bicyclic) bond motifs is 1. The number of piperidine rings is 1. The SMILES string of the molecule is CC1CCN(C(=O)c2nn(Cc3ccccc3)c(=O)c3ccccc23)CC1. The Morgan fingerprint density at radius 1 is 1.00 bits per heavy atom. The van der Waals surface area contributed by atoms with Crippen molar-refractivity contribution in [3.8, 4) is 0 Å². The van der Waals surface area contributed by atoms with Gasteiger partial charge in [0.2, 0.25) is 0 Å². The standard InChI is InChI=1S/C22H23N3O2/c1-16-11-13-24(14-12-16)22(27)20-18-9-5-6-10-19(18)21(26)25(23-20)15-17-7-3-2-4-8-17/h2-10,16H,11-15H2,1H3. The van der Waals surface area contributed by atoms with Crippen molar-refractivity contribution >= 4 is 16.7 Å². The monoisotopic (exact) mass is 361 g/mol. The van der Waals surface area contributed by atoms with E-state index in [4.69, 9.17) is 0 Å². The lowest BCUT2D eigenvalue weighted by Gasteiger charge is -2.30. The van der Waals surface area contributed by atoms with Crippen LogP contribution in [0.3, 0.4) is 0 Å². The summed E-state index contributed by atoms with van der Waals surface area (Å²) in [6, 6.07) is 17.0. The Kier molecular flexibility index (Phi) is 4.75. The fraction of sp³-hybridized carbons (Fsp3) is 0.318. The number of aromatic nitrogens is 2. The molecule has 1 fully saturated rings. The Hall–Kier alpha value is -2.95. The van der Waals surface area contributed by atoms with Gasteiger partial charge in [0.05, 0.1) is 11.9 Å². The van der Waals surface area contributed by atoms with E-state index in [1.165, 1.54) is 4.68 Å². The van der Waals surface area contributed by atoms with Crippen molar-refractivity contribution in [1.29, 1.82) is 0 Å². The molecular formula is C22H23N3O2. The number of rotatable bonds is 3. The Balaban J connectivity index is 1.78. The minimum atomic E-state index is -0.168. The molecule has 0 spiro atoms. The molecule has 0 radical (unpaired) electrons. The zero-order chi connectivity index (χ0) is 18.8. The Morgan fingerprint density at radius 3 is 2.33 bits per heavy atom. The van der Waals surface area contributed by atoms with Crippen molar-refractivity contribution in [2.75, 3.05) is 13.1 Å². The van der Waals surface area contributed by atoms with Gasteiger partial charge in [0.1, 0.15) is 0 Å². The topological polar surface area (TPSA) is 55.2 Å². The molecule has 0 aliphatic carbocycles. The molecule has 1 aliphatic rings. The highest BCUT2D eigenvalue weighted by Gasteiger charge is 2.25. The van der Waals surface area contributed by atoms with Crippen LogP contribution < -0.4 is 5.56 Å². The van der Waals surface area contributed by atoms with Gasteiger partial charge in [-0.15, -0.1) is 0 Å². The number of carbonyl (C=O) groups excluding carboxylic acids is 1. The lowest BCUT2D eigenvalue weighted by molar-refractivity contribution is 0.0691. The average molecular weight is 361 g/mol. The molecule has 1 saturated heterocycles. The van der Waals surface area contributed by atoms with E-state index in [2.05, 4.69) is 12.0 Å². The van der Waals surface area contributed by atoms with Crippen molar-refractivity contribution in [2.45, 2.75) is 26.3 Å². The van der Waals surface area contributed by atoms with E-state index >= 15 is 0 Å². The lowest BCUT2D eigenvalue weighted by Crippen LogP contribution is -2.39. The van der Waals surface area contributed by atoms with E-state index in [-0.39, 0.29) is 11.5 Å². The van der Waals surface area contributed by atoms with Crippen LogP contribution >= 0.6 is 0 Å². The van der Waals surface area contributed by atoms with Gasteiger partial charge in [-0.3, -0.25) is 9.59 Å². The maximum Gasteiger partial charge on any atom is 0.274 e. The van der Waals surface area contributed by atoms with Crippen LogP contribution in [0, 0.1) is 5.92 Å². The Morgan fingerprint density at radius 2 is 1.63 bits per heavy atom. The van der Waals surface area contributed by atoms with E-state index in [1.807, 2.05) is 53.4 Å². The number of carbonyl (C=O) groups is 1. The van der Waals surface area contributed by atoms with Gasteiger partial charge in [0.15, 0.2) is 5.69 Å². The molecule has 3 aromatic rings. The first-order chi connectivity index (χ1) is 13.1. The maximum absolute atomic E-state index is 13.2. The zero-order valence-corrected chi connectivity index (χ0v) is 15.5.